The molecule has 1 N–H and O–H groups in total. The van der Waals surface area contributed by atoms with Crippen LogP contribution < -0.4 is 5.32 Å². The van der Waals surface area contributed by atoms with Crippen LogP contribution in [0.15, 0.2) is 0 Å². The molecule has 1 rings (SSSR count). The van der Waals surface area contributed by atoms with Crippen LogP contribution in [0.25, 0.3) is 0 Å². The summed E-state index contributed by atoms with van der Waals surface area (Å²) in [7, 11) is 0. The second kappa shape index (κ2) is 5.32. The van der Waals surface area contributed by atoms with Crippen molar-refractivity contribution in [1.29, 1.82) is 0 Å². The van der Waals surface area contributed by atoms with Crippen LogP contribution in [0.4, 0.5) is 0 Å². The van der Waals surface area contributed by atoms with Gasteiger partial charge in [0.05, 0.1) is 0 Å². The molecule has 0 saturated carbocycles. The lowest BCUT2D eigenvalue weighted by atomic mass is 9.93. The van der Waals surface area contributed by atoms with Gasteiger partial charge in [0.2, 0.25) is 11.8 Å². The summed E-state index contributed by atoms with van der Waals surface area (Å²) in [6.07, 6.45) is 1.79. The van der Waals surface area contributed by atoms with Gasteiger partial charge in [0.15, 0.2) is 0 Å². The highest BCUT2D eigenvalue weighted by Gasteiger charge is 2.40. The molecule has 2 amide bonds. The van der Waals surface area contributed by atoms with Gasteiger partial charge in [-0.25, -0.2) is 0 Å². The average Bonchev–Trinajstić information content (AvgIpc) is 2.25. The van der Waals surface area contributed by atoms with Crippen molar-refractivity contribution in [2.24, 2.45) is 5.92 Å². The zero-order valence-corrected chi connectivity index (χ0v) is 10.6. The highest BCUT2D eigenvalue weighted by molar-refractivity contribution is 5.96. The molecule has 0 bridgehead atoms. The van der Waals surface area contributed by atoms with Gasteiger partial charge in [-0.2, -0.15) is 0 Å². The molecule has 1 aliphatic heterocycles. The van der Waals surface area contributed by atoms with Crippen LogP contribution in [0, 0.1) is 5.92 Å². The van der Waals surface area contributed by atoms with Crippen molar-refractivity contribution in [3.63, 3.8) is 0 Å². The second-order valence-electron chi connectivity index (χ2n) is 4.59. The van der Waals surface area contributed by atoms with E-state index < -0.39 is 0 Å². The molecule has 0 aromatic carbocycles. The fourth-order valence-corrected chi connectivity index (χ4v) is 2.17. The first-order valence-corrected chi connectivity index (χ1v) is 6.13. The number of carbonyl (C=O) groups excluding carboxylic acids is 2. The summed E-state index contributed by atoms with van der Waals surface area (Å²) < 4.78 is 0. The third-order valence-electron chi connectivity index (χ3n) is 3.26. The van der Waals surface area contributed by atoms with E-state index in [1.54, 1.807) is 11.8 Å². The summed E-state index contributed by atoms with van der Waals surface area (Å²) in [5, 5.41) is 2.75. The first-order chi connectivity index (χ1) is 7.52. The molecule has 0 aromatic rings. The molecule has 0 spiro atoms. The molecule has 3 atom stereocenters. The molecule has 0 aromatic heterocycles. The zero-order valence-electron chi connectivity index (χ0n) is 10.6. The third-order valence-corrected chi connectivity index (χ3v) is 3.26. The maximum Gasteiger partial charge on any atom is 0.245 e. The molecule has 0 aliphatic carbocycles. The zero-order chi connectivity index (χ0) is 12.3. The molecule has 4 nitrogen and oxygen atoms in total. The van der Waals surface area contributed by atoms with Crippen molar-refractivity contribution in [1.82, 2.24) is 10.2 Å². The minimum atomic E-state index is -0.376. The molecule has 92 valence electrons. The normalized spacial score (nSPS) is 27.9. The summed E-state index contributed by atoms with van der Waals surface area (Å²) in [6.45, 7) is 8.51. The topological polar surface area (TPSA) is 49.4 Å². The van der Waals surface area contributed by atoms with Crippen LogP contribution in [0.3, 0.4) is 0 Å². The molecule has 1 aliphatic rings. The lowest BCUT2D eigenvalue weighted by Gasteiger charge is -2.40. The van der Waals surface area contributed by atoms with Gasteiger partial charge in [-0.15, -0.1) is 0 Å². The van der Waals surface area contributed by atoms with Crippen molar-refractivity contribution in [2.75, 3.05) is 6.54 Å². The maximum atomic E-state index is 12.0. The Bertz CT molecular complexity index is 278. The van der Waals surface area contributed by atoms with Crippen molar-refractivity contribution >= 4 is 11.8 Å². The van der Waals surface area contributed by atoms with Gasteiger partial charge >= 0.3 is 0 Å². The van der Waals surface area contributed by atoms with E-state index >= 15 is 0 Å². The maximum absolute atomic E-state index is 12.0. The molecule has 1 heterocycles. The summed E-state index contributed by atoms with van der Waals surface area (Å²) in [4.78, 5) is 25.7. The van der Waals surface area contributed by atoms with Crippen LogP contribution >= 0.6 is 0 Å². The highest BCUT2D eigenvalue weighted by Crippen LogP contribution is 2.20. The number of nitrogens with one attached hydrogen (secondary N) is 1. The molecular formula is C12H22N2O2. The van der Waals surface area contributed by atoms with Crippen LogP contribution in [0.5, 0.6) is 0 Å². The summed E-state index contributed by atoms with van der Waals surface area (Å²) in [6, 6.07) is -0.659. The fourth-order valence-electron chi connectivity index (χ4n) is 2.17. The lowest BCUT2D eigenvalue weighted by Crippen LogP contribution is -2.64. The number of hydrogen-bond donors (Lipinski definition) is 1. The predicted molar refractivity (Wildman–Crippen MR) is 62.9 cm³/mol. The number of nitrogens with zero attached hydrogens (tertiary/aromatic N) is 1. The Morgan fingerprint density at radius 3 is 2.50 bits per heavy atom. The summed E-state index contributed by atoms with van der Waals surface area (Å²) >= 11 is 0. The highest BCUT2D eigenvalue weighted by atomic mass is 16.2. The van der Waals surface area contributed by atoms with Gasteiger partial charge in [-0.05, 0) is 19.3 Å². The largest absolute Gasteiger partial charge is 0.343 e. The van der Waals surface area contributed by atoms with Gasteiger partial charge < -0.3 is 10.2 Å². The number of hydrogen-bond acceptors (Lipinski definition) is 2. The Morgan fingerprint density at radius 1 is 1.38 bits per heavy atom. The standard InChI is InChI=1S/C12H22N2O2/c1-5-7-14-10(8(3)6-2)11(15)13-9(4)12(14)16/h8-10H,5-7H2,1-4H3,(H,13,15). The van der Waals surface area contributed by atoms with E-state index in [1.807, 2.05) is 20.8 Å². The Hall–Kier alpha value is -1.06. The van der Waals surface area contributed by atoms with E-state index in [-0.39, 0.29) is 29.8 Å². The first kappa shape index (κ1) is 13.0. The Morgan fingerprint density at radius 2 is 2.00 bits per heavy atom. The Balaban J connectivity index is 2.91. The smallest absolute Gasteiger partial charge is 0.245 e. The minimum absolute atomic E-state index is 0.00472. The van der Waals surface area contributed by atoms with Crippen molar-refractivity contribution < 1.29 is 9.59 Å². The fraction of sp³-hybridized carbons (Fsp3) is 0.833. The van der Waals surface area contributed by atoms with E-state index in [1.165, 1.54) is 0 Å². The van der Waals surface area contributed by atoms with Gasteiger partial charge in [0, 0.05) is 6.54 Å². The van der Waals surface area contributed by atoms with E-state index in [9.17, 15) is 9.59 Å². The van der Waals surface area contributed by atoms with Crippen LogP contribution in [0.2, 0.25) is 0 Å². The monoisotopic (exact) mass is 226 g/mol. The van der Waals surface area contributed by atoms with Crippen LogP contribution in [-0.4, -0.2) is 35.3 Å². The van der Waals surface area contributed by atoms with Crippen LogP contribution in [0.1, 0.15) is 40.5 Å². The SMILES string of the molecule is CCCN1C(=O)C(C)NC(=O)C1C(C)CC. The van der Waals surface area contributed by atoms with Crippen molar-refractivity contribution in [2.45, 2.75) is 52.6 Å². The Labute approximate surface area is 97.4 Å². The van der Waals surface area contributed by atoms with Crippen LogP contribution in [-0.2, 0) is 9.59 Å². The summed E-state index contributed by atoms with van der Waals surface area (Å²) in [5.74, 6) is 0.254. The van der Waals surface area contributed by atoms with Gasteiger partial charge in [-0.1, -0.05) is 27.2 Å². The molecule has 1 saturated heterocycles. The average molecular weight is 226 g/mol. The van der Waals surface area contributed by atoms with E-state index in [0.29, 0.717) is 6.54 Å². The molecule has 1 fully saturated rings. The number of piperazine rings is 1. The third kappa shape index (κ3) is 2.36. The molecule has 4 heteroatoms. The number of carbonyl (C=O) groups is 2. The number of amides is 2. The molecular weight excluding hydrogens is 204 g/mol. The Kier molecular flexibility index (Phi) is 4.33. The van der Waals surface area contributed by atoms with Gasteiger partial charge in [-0.3, -0.25) is 9.59 Å². The van der Waals surface area contributed by atoms with Crippen molar-refractivity contribution in [3.8, 4) is 0 Å². The van der Waals surface area contributed by atoms with Gasteiger partial charge in [0.25, 0.3) is 0 Å². The molecule has 0 radical (unpaired) electrons. The quantitative estimate of drug-likeness (QED) is 0.782. The molecule has 16 heavy (non-hydrogen) atoms. The van der Waals surface area contributed by atoms with Crippen molar-refractivity contribution in [3.05, 3.63) is 0 Å². The van der Waals surface area contributed by atoms with E-state index in [0.717, 1.165) is 12.8 Å². The van der Waals surface area contributed by atoms with E-state index in [4.69, 9.17) is 0 Å². The predicted octanol–water partition coefficient (Wildman–Crippen LogP) is 1.16. The lowest BCUT2D eigenvalue weighted by molar-refractivity contribution is -0.150. The first-order valence-electron chi connectivity index (χ1n) is 6.13. The number of rotatable bonds is 4. The molecule has 3 unspecified atom stereocenters. The van der Waals surface area contributed by atoms with Gasteiger partial charge in [0.1, 0.15) is 12.1 Å². The second-order valence-corrected chi connectivity index (χ2v) is 4.59. The minimum Gasteiger partial charge on any atom is -0.343 e. The summed E-state index contributed by atoms with van der Waals surface area (Å²) in [5.41, 5.74) is 0. The van der Waals surface area contributed by atoms with E-state index in [2.05, 4.69) is 5.32 Å².